The van der Waals surface area contributed by atoms with E-state index in [0.717, 1.165) is 49.6 Å². The molecule has 164 valence electrons. The van der Waals surface area contributed by atoms with Crippen molar-refractivity contribution in [2.45, 2.75) is 52.5 Å². The highest BCUT2D eigenvalue weighted by Gasteiger charge is 2.21. The van der Waals surface area contributed by atoms with E-state index in [1.165, 1.54) is 23.9 Å². The van der Waals surface area contributed by atoms with E-state index in [1.54, 1.807) is 0 Å². The first kappa shape index (κ1) is 21.6. The second-order valence-corrected chi connectivity index (χ2v) is 9.04. The molecule has 2 heterocycles. The van der Waals surface area contributed by atoms with E-state index >= 15 is 0 Å². The molecule has 0 spiro atoms. The van der Waals surface area contributed by atoms with Gasteiger partial charge < -0.3 is 14.8 Å². The Hall–Kier alpha value is -2.66. The van der Waals surface area contributed by atoms with Gasteiger partial charge in [0.1, 0.15) is 5.82 Å². The van der Waals surface area contributed by atoms with Gasteiger partial charge in [0, 0.05) is 18.2 Å². The van der Waals surface area contributed by atoms with Crippen molar-refractivity contribution in [1.82, 2.24) is 14.5 Å². The van der Waals surface area contributed by atoms with Gasteiger partial charge in [-0.3, -0.25) is 4.79 Å². The Morgan fingerprint density at radius 1 is 1.10 bits per heavy atom. The number of carbonyl (C=O) groups excluding carboxylic acids is 1. The molecule has 1 aromatic heterocycles. The smallest absolute Gasteiger partial charge is 0.226 e. The number of para-hydroxylation sites is 2. The summed E-state index contributed by atoms with van der Waals surface area (Å²) in [5.41, 5.74) is 4.60. The van der Waals surface area contributed by atoms with Crippen LogP contribution in [0.3, 0.4) is 0 Å². The van der Waals surface area contributed by atoms with Crippen molar-refractivity contribution < 1.29 is 4.79 Å². The van der Waals surface area contributed by atoms with Crippen LogP contribution in [0.2, 0.25) is 0 Å². The number of piperidine rings is 1. The number of hydrogen-bond donors (Lipinski definition) is 1. The molecule has 3 aromatic rings. The van der Waals surface area contributed by atoms with E-state index < -0.39 is 0 Å². The number of nitrogens with one attached hydrogen (secondary N) is 1. The topological polar surface area (TPSA) is 50.2 Å². The first-order valence-electron chi connectivity index (χ1n) is 11.6. The van der Waals surface area contributed by atoms with Gasteiger partial charge in [-0.05, 0) is 81.6 Å². The predicted octanol–water partition coefficient (Wildman–Crippen LogP) is 5.21. The van der Waals surface area contributed by atoms with Gasteiger partial charge in [-0.25, -0.2) is 4.98 Å². The summed E-state index contributed by atoms with van der Waals surface area (Å²) in [6.07, 6.45) is 3.49. The fourth-order valence-corrected chi connectivity index (χ4v) is 4.58. The van der Waals surface area contributed by atoms with Crippen LogP contribution in [0.15, 0.2) is 48.5 Å². The highest BCUT2D eigenvalue weighted by Crippen LogP contribution is 2.30. The molecule has 0 radical (unpaired) electrons. The summed E-state index contributed by atoms with van der Waals surface area (Å²) in [7, 11) is 0. The standard InChI is InChI=1S/C26H34N4O/c1-19(2)26(31)28-23-9-6-8-22(18-23)21-12-16-29(17-13-21)14-7-15-30-20(3)27-24-10-4-5-11-25(24)30/h4-6,8-11,18-19,21H,7,12-17H2,1-3H3,(H,28,31). The third kappa shape index (κ3) is 5.16. The van der Waals surface area contributed by atoms with Crippen molar-refractivity contribution in [1.29, 1.82) is 0 Å². The van der Waals surface area contributed by atoms with Gasteiger partial charge in [-0.15, -0.1) is 0 Å². The summed E-state index contributed by atoms with van der Waals surface area (Å²) in [5, 5.41) is 3.03. The van der Waals surface area contributed by atoms with E-state index in [0.29, 0.717) is 5.92 Å². The lowest BCUT2D eigenvalue weighted by atomic mass is 9.89. The van der Waals surface area contributed by atoms with Crippen molar-refractivity contribution in [3.63, 3.8) is 0 Å². The second-order valence-electron chi connectivity index (χ2n) is 9.04. The molecule has 0 bridgehead atoms. The molecule has 0 atom stereocenters. The molecule has 0 saturated carbocycles. The van der Waals surface area contributed by atoms with E-state index in [9.17, 15) is 4.79 Å². The van der Waals surface area contributed by atoms with Crippen LogP contribution in [0.5, 0.6) is 0 Å². The van der Waals surface area contributed by atoms with E-state index in [1.807, 2.05) is 19.9 Å². The number of carbonyl (C=O) groups is 1. The highest BCUT2D eigenvalue weighted by molar-refractivity contribution is 5.92. The number of fused-ring (bicyclic) bond motifs is 1. The number of aryl methyl sites for hydroxylation is 2. The second kappa shape index (κ2) is 9.65. The third-order valence-electron chi connectivity index (χ3n) is 6.44. The van der Waals surface area contributed by atoms with Crippen LogP contribution < -0.4 is 5.32 Å². The summed E-state index contributed by atoms with van der Waals surface area (Å²) >= 11 is 0. The summed E-state index contributed by atoms with van der Waals surface area (Å²) in [4.78, 5) is 19.3. The minimum Gasteiger partial charge on any atom is -0.328 e. The number of anilines is 1. The molecule has 31 heavy (non-hydrogen) atoms. The van der Waals surface area contributed by atoms with Crippen molar-refractivity contribution >= 4 is 22.6 Å². The zero-order valence-corrected chi connectivity index (χ0v) is 19.0. The first-order valence-corrected chi connectivity index (χ1v) is 11.6. The Kier molecular flexibility index (Phi) is 6.71. The molecule has 1 saturated heterocycles. The monoisotopic (exact) mass is 418 g/mol. The number of benzene rings is 2. The van der Waals surface area contributed by atoms with Crippen molar-refractivity contribution in [2.75, 3.05) is 25.0 Å². The van der Waals surface area contributed by atoms with Crippen molar-refractivity contribution in [3.8, 4) is 0 Å². The number of aromatic nitrogens is 2. The SMILES string of the molecule is Cc1nc2ccccc2n1CCCN1CCC(c2cccc(NC(=O)C(C)C)c2)CC1. The molecule has 5 heteroatoms. The van der Waals surface area contributed by atoms with E-state index in [-0.39, 0.29) is 11.8 Å². The Balaban J connectivity index is 1.27. The minimum atomic E-state index is -0.00371. The molecule has 4 rings (SSSR count). The van der Waals surface area contributed by atoms with Gasteiger partial charge in [-0.2, -0.15) is 0 Å². The average Bonchev–Trinajstić information content (AvgIpc) is 3.09. The lowest BCUT2D eigenvalue weighted by Gasteiger charge is -2.32. The van der Waals surface area contributed by atoms with E-state index in [4.69, 9.17) is 0 Å². The summed E-state index contributed by atoms with van der Waals surface area (Å²) in [5.74, 6) is 1.75. The average molecular weight is 419 g/mol. The molecular weight excluding hydrogens is 384 g/mol. The van der Waals surface area contributed by atoms with Gasteiger partial charge >= 0.3 is 0 Å². The molecule has 1 amide bonds. The van der Waals surface area contributed by atoms with Crippen LogP contribution in [0, 0.1) is 12.8 Å². The van der Waals surface area contributed by atoms with Gasteiger partial charge in [0.2, 0.25) is 5.91 Å². The first-order chi connectivity index (χ1) is 15.0. The molecule has 5 nitrogen and oxygen atoms in total. The molecule has 0 unspecified atom stereocenters. The number of rotatable bonds is 7. The number of amides is 1. The maximum atomic E-state index is 12.0. The van der Waals surface area contributed by atoms with Gasteiger partial charge in [0.05, 0.1) is 11.0 Å². The lowest BCUT2D eigenvalue weighted by Crippen LogP contribution is -2.34. The van der Waals surface area contributed by atoms with Crippen LogP contribution in [0.4, 0.5) is 5.69 Å². The third-order valence-corrected chi connectivity index (χ3v) is 6.44. The zero-order valence-electron chi connectivity index (χ0n) is 19.0. The summed E-state index contributed by atoms with van der Waals surface area (Å²) in [6, 6.07) is 16.8. The fraction of sp³-hybridized carbons (Fsp3) is 0.462. The Morgan fingerprint density at radius 3 is 2.65 bits per heavy atom. The largest absolute Gasteiger partial charge is 0.328 e. The van der Waals surface area contributed by atoms with Crippen LogP contribution in [-0.2, 0) is 11.3 Å². The van der Waals surface area contributed by atoms with Crippen LogP contribution in [-0.4, -0.2) is 40.0 Å². The quantitative estimate of drug-likeness (QED) is 0.573. The Bertz CT molecular complexity index is 1030. The van der Waals surface area contributed by atoms with Crippen molar-refractivity contribution in [2.24, 2.45) is 5.92 Å². The van der Waals surface area contributed by atoms with E-state index in [2.05, 4.69) is 69.2 Å². The minimum absolute atomic E-state index is 0.00371. The van der Waals surface area contributed by atoms with Gasteiger partial charge in [0.15, 0.2) is 0 Å². The maximum absolute atomic E-state index is 12.0. The van der Waals surface area contributed by atoms with Crippen LogP contribution >= 0.6 is 0 Å². The maximum Gasteiger partial charge on any atom is 0.226 e. The number of imidazole rings is 1. The van der Waals surface area contributed by atoms with Gasteiger partial charge in [-0.1, -0.05) is 38.1 Å². The van der Waals surface area contributed by atoms with Crippen molar-refractivity contribution in [3.05, 3.63) is 59.9 Å². The molecular formula is C26H34N4O. The normalized spacial score (nSPS) is 15.6. The van der Waals surface area contributed by atoms with Crippen LogP contribution in [0.25, 0.3) is 11.0 Å². The summed E-state index contributed by atoms with van der Waals surface area (Å²) in [6.45, 7) is 10.4. The van der Waals surface area contributed by atoms with Gasteiger partial charge in [0.25, 0.3) is 0 Å². The molecule has 2 aromatic carbocycles. The fourth-order valence-electron chi connectivity index (χ4n) is 4.58. The summed E-state index contributed by atoms with van der Waals surface area (Å²) < 4.78 is 2.35. The number of hydrogen-bond acceptors (Lipinski definition) is 3. The molecule has 1 aliphatic rings. The molecule has 1 N–H and O–H groups in total. The number of nitrogens with zero attached hydrogens (tertiary/aromatic N) is 3. The Labute approximate surface area is 185 Å². The predicted molar refractivity (Wildman–Crippen MR) is 127 cm³/mol. The molecule has 1 aliphatic heterocycles. The number of likely N-dealkylation sites (tertiary alicyclic amines) is 1. The Morgan fingerprint density at radius 2 is 1.87 bits per heavy atom. The molecule has 0 aliphatic carbocycles. The lowest BCUT2D eigenvalue weighted by molar-refractivity contribution is -0.118. The zero-order chi connectivity index (χ0) is 21.8. The van der Waals surface area contributed by atoms with Crippen LogP contribution in [0.1, 0.15) is 50.4 Å². The highest BCUT2D eigenvalue weighted by atomic mass is 16.1. The molecule has 1 fully saturated rings.